The summed E-state index contributed by atoms with van der Waals surface area (Å²) >= 11 is 0. The number of hydrogen-bond donors (Lipinski definition) is 1. The number of esters is 1. The van der Waals surface area contributed by atoms with Gasteiger partial charge in [-0.3, -0.25) is 9.63 Å². The van der Waals surface area contributed by atoms with Crippen LogP contribution in [0.25, 0.3) is 0 Å². The maximum atomic E-state index is 11.9. The molecule has 0 spiro atoms. The number of carbonyl (C=O) groups excluding carboxylic acids is 1. The van der Waals surface area contributed by atoms with Crippen molar-refractivity contribution in [3.05, 3.63) is 35.4 Å². The molecule has 5 heteroatoms. The fraction of sp³-hybridized carbons (Fsp3) is 0.533. The molecule has 0 aromatic heterocycles. The van der Waals surface area contributed by atoms with Crippen molar-refractivity contribution in [2.24, 2.45) is 5.92 Å². The first-order valence-corrected chi connectivity index (χ1v) is 6.90. The van der Waals surface area contributed by atoms with Gasteiger partial charge < -0.3 is 9.84 Å². The zero-order valence-electron chi connectivity index (χ0n) is 11.7. The molecular formula is C15H19NO4. The van der Waals surface area contributed by atoms with Crippen molar-refractivity contribution in [3.8, 4) is 0 Å². The topological polar surface area (TPSA) is 59.0 Å². The number of benzene rings is 1. The molecule has 2 saturated heterocycles. The molecule has 4 atom stereocenters. The summed E-state index contributed by atoms with van der Waals surface area (Å²) < 4.78 is 5.13. The van der Waals surface area contributed by atoms with Gasteiger partial charge in [-0.05, 0) is 25.0 Å². The number of nitrogens with zero attached hydrogens (tertiary/aromatic N) is 1. The Kier molecular flexibility index (Phi) is 3.50. The minimum Gasteiger partial charge on any atom is -0.464 e. The molecule has 0 saturated carbocycles. The van der Waals surface area contributed by atoms with Crippen LogP contribution in [0.3, 0.4) is 0 Å². The highest BCUT2D eigenvalue weighted by Gasteiger charge is 2.54. The summed E-state index contributed by atoms with van der Waals surface area (Å²) in [5.74, 6) is -0.349. The molecular weight excluding hydrogens is 258 g/mol. The number of carbonyl (C=O) groups is 1. The predicted molar refractivity (Wildman–Crippen MR) is 71.5 cm³/mol. The number of aliphatic hydroxyl groups excluding tert-OH is 1. The SMILES string of the molecule is Cc1ccccc1CN1OC(C(C)O)C2COC(=O)C21. The van der Waals surface area contributed by atoms with Gasteiger partial charge in [0.15, 0.2) is 0 Å². The molecule has 2 aliphatic rings. The van der Waals surface area contributed by atoms with Crippen molar-refractivity contribution >= 4 is 5.97 Å². The van der Waals surface area contributed by atoms with Crippen molar-refractivity contribution in [2.75, 3.05) is 6.61 Å². The van der Waals surface area contributed by atoms with Gasteiger partial charge in [0.05, 0.1) is 25.2 Å². The molecule has 0 aliphatic carbocycles. The second-order valence-electron chi connectivity index (χ2n) is 5.55. The molecule has 0 bridgehead atoms. The number of fused-ring (bicyclic) bond motifs is 1. The highest BCUT2D eigenvalue weighted by Crippen LogP contribution is 2.36. The van der Waals surface area contributed by atoms with Gasteiger partial charge in [0.2, 0.25) is 0 Å². The zero-order valence-corrected chi connectivity index (χ0v) is 11.7. The van der Waals surface area contributed by atoms with E-state index in [1.807, 2.05) is 31.2 Å². The zero-order chi connectivity index (χ0) is 14.3. The lowest BCUT2D eigenvalue weighted by atomic mass is 9.94. The molecule has 1 aromatic rings. The Morgan fingerprint density at radius 1 is 1.45 bits per heavy atom. The molecule has 0 radical (unpaired) electrons. The molecule has 0 amide bonds. The first-order chi connectivity index (χ1) is 9.58. The van der Waals surface area contributed by atoms with Crippen LogP contribution in [-0.2, 0) is 20.9 Å². The Morgan fingerprint density at radius 2 is 2.20 bits per heavy atom. The Labute approximate surface area is 118 Å². The van der Waals surface area contributed by atoms with Crippen LogP contribution in [-0.4, -0.2) is 41.0 Å². The summed E-state index contributed by atoms with van der Waals surface area (Å²) in [7, 11) is 0. The molecule has 2 aliphatic heterocycles. The standard InChI is InChI=1S/C15H19NO4/c1-9-5-3-4-6-11(9)7-16-13-12(8-19-15(13)18)14(20-16)10(2)17/h3-6,10,12-14,17H,7-8H2,1-2H3. The normalized spacial score (nSPS) is 31.1. The van der Waals surface area contributed by atoms with Crippen molar-refractivity contribution in [2.45, 2.75) is 38.6 Å². The van der Waals surface area contributed by atoms with Crippen LogP contribution in [0.5, 0.6) is 0 Å². The maximum absolute atomic E-state index is 11.9. The summed E-state index contributed by atoms with van der Waals surface area (Å²) in [5.41, 5.74) is 2.26. The lowest BCUT2D eigenvalue weighted by molar-refractivity contribution is -0.202. The Morgan fingerprint density at radius 3 is 2.90 bits per heavy atom. The van der Waals surface area contributed by atoms with Crippen molar-refractivity contribution < 1.29 is 19.5 Å². The van der Waals surface area contributed by atoms with E-state index < -0.39 is 12.1 Å². The number of hydroxylamine groups is 2. The Bertz CT molecular complexity index is 516. The van der Waals surface area contributed by atoms with Crippen LogP contribution in [0.15, 0.2) is 24.3 Å². The quantitative estimate of drug-likeness (QED) is 0.836. The number of cyclic esters (lactones) is 1. The van der Waals surface area contributed by atoms with E-state index in [-0.39, 0.29) is 18.0 Å². The van der Waals surface area contributed by atoms with E-state index in [0.717, 1.165) is 11.1 Å². The van der Waals surface area contributed by atoms with E-state index in [2.05, 4.69) is 0 Å². The smallest absolute Gasteiger partial charge is 0.326 e. The highest BCUT2D eigenvalue weighted by atomic mass is 16.7. The van der Waals surface area contributed by atoms with Gasteiger partial charge in [-0.2, -0.15) is 5.06 Å². The molecule has 4 unspecified atom stereocenters. The van der Waals surface area contributed by atoms with Crippen LogP contribution >= 0.6 is 0 Å². The van der Waals surface area contributed by atoms with Gasteiger partial charge >= 0.3 is 5.97 Å². The second kappa shape index (κ2) is 5.16. The minimum absolute atomic E-state index is 0.0912. The second-order valence-corrected chi connectivity index (χ2v) is 5.55. The van der Waals surface area contributed by atoms with E-state index in [9.17, 15) is 9.90 Å². The number of aryl methyl sites for hydroxylation is 1. The fourth-order valence-electron chi connectivity index (χ4n) is 2.97. The Hall–Kier alpha value is -1.43. The van der Waals surface area contributed by atoms with Crippen molar-refractivity contribution in [1.82, 2.24) is 5.06 Å². The molecule has 3 rings (SSSR count). The van der Waals surface area contributed by atoms with Crippen molar-refractivity contribution in [1.29, 1.82) is 0 Å². The van der Waals surface area contributed by atoms with E-state index in [4.69, 9.17) is 9.57 Å². The fourth-order valence-corrected chi connectivity index (χ4v) is 2.97. The number of hydrogen-bond acceptors (Lipinski definition) is 5. The van der Waals surface area contributed by atoms with Gasteiger partial charge in [0.1, 0.15) is 12.1 Å². The third-order valence-corrected chi connectivity index (χ3v) is 4.12. The third-order valence-electron chi connectivity index (χ3n) is 4.12. The van der Waals surface area contributed by atoms with Gasteiger partial charge in [-0.25, -0.2) is 0 Å². The molecule has 1 aromatic carbocycles. The first kappa shape index (κ1) is 13.5. The summed E-state index contributed by atoms with van der Waals surface area (Å²) in [6, 6.07) is 7.59. The largest absolute Gasteiger partial charge is 0.464 e. The summed E-state index contributed by atoms with van der Waals surface area (Å²) in [4.78, 5) is 17.7. The van der Waals surface area contributed by atoms with Crippen LogP contribution in [0, 0.1) is 12.8 Å². The van der Waals surface area contributed by atoms with Crippen LogP contribution in [0.4, 0.5) is 0 Å². The van der Waals surface area contributed by atoms with E-state index in [1.54, 1.807) is 12.0 Å². The lowest BCUT2D eigenvalue weighted by Gasteiger charge is -2.21. The van der Waals surface area contributed by atoms with Gasteiger partial charge in [-0.1, -0.05) is 24.3 Å². The predicted octanol–water partition coefficient (Wildman–Crippen LogP) is 1.03. The molecule has 2 fully saturated rings. The van der Waals surface area contributed by atoms with E-state index in [0.29, 0.717) is 13.2 Å². The molecule has 1 N–H and O–H groups in total. The summed E-state index contributed by atoms with van der Waals surface area (Å²) in [6.45, 7) is 4.55. The van der Waals surface area contributed by atoms with Gasteiger partial charge in [0, 0.05) is 0 Å². The van der Waals surface area contributed by atoms with Crippen LogP contribution in [0.2, 0.25) is 0 Å². The summed E-state index contributed by atoms with van der Waals surface area (Å²) in [6.07, 6.45) is -1.01. The molecule has 2 heterocycles. The van der Waals surface area contributed by atoms with E-state index in [1.165, 1.54) is 0 Å². The van der Waals surface area contributed by atoms with Crippen LogP contribution in [0.1, 0.15) is 18.1 Å². The average Bonchev–Trinajstić information content (AvgIpc) is 2.95. The van der Waals surface area contributed by atoms with Crippen LogP contribution < -0.4 is 0 Å². The molecule has 108 valence electrons. The number of ether oxygens (including phenoxy) is 1. The maximum Gasteiger partial charge on any atom is 0.326 e. The number of aliphatic hydroxyl groups is 1. The third kappa shape index (κ3) is 2.22. The summed E-state index contributed by atoms with van der Waals surface area (Å²) in [5, 5.41) is 11.5. The Balaban J connectivity index is 1.83. The average molecular weight is 277 g/mol. The first-order valence-electron chi connectivity index (χ1n) is 6.90. The van der Waals surface area contributed by atoms with Gasteiger partial charge in [-0.15, -0.1) is 0 Å². The van der Waals surface area contributed by atoms with Crippen molar-refractivity contribution in [3.63, 3.8) is 0 Å². The molecule has 5 nitrogen and oxygen atoms in total. The monoisotopic (exact) mass is 277 g/mol. The van der Waals surface area contributed by atoms with E-state index >= 15 is 0 Å². The lowest BCUT2D eigenvalue weighted by Crippen LogP contribution is -2.35. The molecule has 20 heavy (non-hydrogen) atoms. The minimum atomic E-state index is -0.626. The number of rotatable bonds is 3. The highest BCUT2D eigenvalue weighted by molar-refractivity contribution is 5.78. The van der Waals surface area contributed by atoms with Gasteiger partial charge in [0.25, 0.3) is 0 Å².